The summed E-state index contributed by atoms with van der Waals surface area (Å²) in [5.41, 5.74) is 2.38. The van der Waals surface area contributed by atoms with Crippen LogP contribution >= 0.6 is 12.4 Å². The van der Waals surface area contributed by atoms with Crippen LogP contribution in [-0.4, -0.2) is 74.2 Å². The van der Waals surface area contributed by atoms with Crippen LogP contribution in [0.1, 0.15) is 74.6 Å². The fourth-order valence-electron chi connectivity index (χ4n) is 7.47. The van der Waals surface area contributed by atoms with Crippen molar-refractivity contribution in [3.63, 3.8) is 0 Å². The van der Waals surface area contributed by atoms with Crippen molar-refractivity contribution < 1.29 is 29.6 Å². The molecule has 2 saturated heterocycles. The summed E-state index contributed by atoms with van der Waals surface area (Å²) in [4.78, 5) is 48.5. The maximum absolute atomic E-state index is 13.6. The number of benzene rings is 1. The highest BCUT2D eigenvalue weighted by molar-refractivity contribution is 5.90. The van der Waals surface area contributed by atoms with Gasteiger partial charge in [-0.2, -0.15) is 0 Å². The number of nitrogens with zero attached hydrogens (tertiary/aromatic N) is 4. The van der Waals surface area contributed by atoms with Crippen molar-refractivity contribution in [2.24, 2.45) is 0 Å². The predicted molar refractivity (Wildman–Crippen MR) is 171 cm³/mol. The second-order valence-electron chi connectivity index (χ2n) is 12.2. The first kappa shape index (κ1) is 32.9. The Morgan fingerprint density at radius 1 is 1.07 bits per heavy atom. The number of carbonyl (C=O) groups excluding carboxylic acids is 2. The Morgan fingerprint density at radius 3 is 2.49 bits per heavy atom. The molecule has 3 aromatic rings. The van der Waals surface area contributed by atoms with E-state index in [4.69, 9.17) is 14.5 Å². The first-order valence-corrected chi connectivity index (χ1v) is 15.7. The number of aryl methyl sites for hydroxylation is 1. The van der Waals surface area contributed by atoms with Crippen molar-refractivity contribution in [1.29, 1.82) is 0 Å². The first-order chi connectivity index (χ1) is 20.8. The van der Waals surface area contributed by atoms with E-state index < -0.39 is 11.6 Å². The Labute approximate surface area is 267 Å². The number of pyridine rings is 2. The minimum Gasteiger partial charge on any atom is -0.458 e. The zero-order chi connectivity index (χ0) is 29.9. The maximum atomic E-state index is 13.6. The minimum atomic E-state index is -1.86. The van der Waals surface area contributed by atoms with Crippen LogP contribution in [-0.2, 0) is 34.7 Å². The minimum absolute atomic E-state index is 0. The monoisotopic (exact) mass is 640 g/mol. The highest BCUT2D eigenvalue weighted by Gasteiger charge is 2.45. The number of hydrogen-bond acceptors (Lipinski definition) is 8. The Hall–Kier alpha value is -3.51. The molecule has 2 fully saturated rings. The van der Waals surface area contributed by atoms with Gasteiger partial charge in [0.25, 0.3) is 5.56 Å². The molecule has 242 valence electrons. The number of cyclic esters (lactones) is 1. The van der Waals surface area contributed by atoms with Crippen LogP contribution in [0.4, 0.5) is 4.79 Å². The van der Waals surface area contributed by atoms with Gasteiger partial charge in [0.2, 0.25) is 0 Å². The smallest absolute Gasteiger partial charge is 0.415 e. The fraction of sp³-hybridized carbons (Fsp3) is 0.515. The molecule has 1 aromatic carbocycles. The molecule has 45 heavy (non-hydrogen) atoms. The van der Waals surface area contributed by atoms with Crippen LogP contribution in [0.15, 0.2) is 29.1 Å². The molecule has 1 atom stereocenters. The number of amides is 1. The van der Waals surface area contributed by atoms with E-state index in [9.17, 15) is 19.5 Å². The summed E-state index contributed by atoms with van der Waals surface area (Å²) < 4.78 is 12.7. The third-order valence-corrected chi connectivity index (χ3v) is 9.97. The Kier molecular flexibility index (Phi) is 9.28. The van der Waals surface area contributed by atoms with Gasteiger partial charge in [0, 0.05) is 35.6 Å². The molecule has 6 heterocycles. The van der Waals surface area contributed by atoms with Crippen molar-refractivity contribution in [1.82, 2.24) is 19.4 Å². The van der Waals surface area contributed by atoms with Crippen LogP contribution in [0.2, 0.25) is 0 Å². The molecule has 2 aromatic heterocycles. The molecular weight excluding hydrogens is 600 g/mol. The highest BCUT2D eigenvalue weighted by atomic mass is 35.5. The van der Waals surface area contributed by atoms with Gasteiger partial charge in [-0.15, -0.1) is 12.4 Å². The summed E-state index contributed by atoms with van der Waals surface area (Å²) in [6.45, 7) is 7.65. The van der Waals surface area contributed by atoms with E-state index in [1.165, 1.54) is 32.4 Å². The van der Waals surface area contributed by atoms with Gasteiger partial charge in [-0.25, -0.2) is 14.6 Å². The van der Waals surface area contributed by atoms with Gasteiger partial charge in [0.15, 0.2) is 5.60 Å². The van der Waals surface area contributed by atoms with Gasteiger partial charge in [-0.05, 0) is 81.4 Å². The molecule has 7 rings (SSSR count). The highest BCUT2D eigenvalue weighted by Crippen LogP contribution is 2.40. The largest absolute Gasteiger partial charge is 0.458 e. The molecule has 11 nitrogen and oxygen atoms in total. The van der Waals surface area contributed by atoms with Crippen molar-refractivity contribution in [3.05, 3.63) is 56.9 Å². The summed E-state index contributed by atoms with van der Waals surface area (Å²) in [7, 11) is 0. The number of hydrogen-bond donors (Lipinski definition) is 1. The molecule has 12 heteroatoms. The maximum Gasteiger partial charge on any atom is 0.415 e. The summed E-state index contributed by atoms with van der Waals surface area (Å²) in [5, 5.41) is 12.0. The zero-order valence-corrected chi connectivity index (χ0v) is 26.6. The van der Waals surface area contributed by atoms with Crippen molar-refractivity contribution >= 4 is 35.4 Å². The van der Waals surface area contributed by atoms with Crippen molar-refractivity contribution in [3.8, 4) is 17.1 Å². The number of halogens is 1. The summed E-state index contributed by atoms with van der Waals surface area (Å²) in [5.74, 6) is -0.266. The van der Waals surface area contributed by atoms with Crippen LogP contribution in [0.25, 0.3) is 22.3 Å². The summed E-state index contributed by atoms with van der Waals surface area (Å²) in [6, 6.07) is 7.77. The molecule has 0 bridgehead atoms. The van der Waals surface area contributed by atoms with Crippen LogP contribution in [0, 0.1) is 0 Å². The predicted octanol–water partition coefficient (Wildman–Crippen LogP) is 3.69. The molecule has 0 radical (unpaired) electrons. The lowest BCUT2D eigenvalue weighted by molar-refractivity contribution is -0.172. The van der Waals surface area contributed by atoms with E-state index in [0.29, 0.717) is 60.4 Å². The van der Waals surface area contributed by atoms with Crippen LogP contribution in [0.5, 0.6) is 5.75 Å². The van der Waals surface area contributed by atoms with E-state index in [0.717, 1.165) is 34.9 Å². The summed E-state index contributed by atoms with van der Waals surface area (Å²) >= 11 is 0. The summed E-state index contributed by atoms with van der Waals surface area (Å²) in [6.07, 6.45) is 6.26. The lowest BCUT2D eigenvalue weighted by Gasteiger charge is -2.39. The van der Waals surface area contributed by atoms with E-state index >= 15 is 0 Å². The van der Waals surface area contributed by atoms with E-state index in [2.05, 4.69) is 11.8 Å². The number of likely N-dealkylation sites (tertiary alicyclic amines) is 2. The Balaban J connectivity index is 0.00000200. The zero-order valence-electron chi connectivity index (χ0n) is 25.8. The second-order valence-corrected chi connectivity index (χ2v) is 12.2. The lowest BCUT2D eigenvalue weighted by atomic mass is 9.86. The van der Waals surface area contributed by atoms with Gasteiger partial charge >= 0.3 is 12.1 Å². The average molecular weight is 641 g/mol. The Bertz CT molecular complexity index is 1690. The topological polar surface area (TPSA) is 146 Å². The number of rotatable bonds is 4. The number of piperidine rings is 2. The second kappa shape index (κ2) is 12.7. The third-order valence-electron chi connectivity index (χ3n) is 9.97. The number of ether oxygens (including phenoxy) is 2. The van der Waals surface area contributed by atoms with Crippen molar-refractivity contribution in [2.75, 3.05) is 26.2 Å². The number of aliphatic hydroxyl groups is 1. The molecule has 4 aliphatic heterocycles. The van der Waals surface area contributed by atoms with E-state index in [-0.39, 0.29) is 42.6 Å². The van der Waals surface area contributed by atoms with E-state index in [1.807, 2.05) is 17.0 Å². The van der Waals surface area contributed by atoms with Crippen LogP contribution in [0.3, 0.4) is 0 Å². The standard InChI is InChI=1S/C33H38N4O6.ClH.H2O/c1-3-22-23-16-21(43-32(40)36-14-10-20(11-15-36)35-12-6-5-7-13-35)8-9-27(23)34-29-24(22)18-37-28(29)17-26-25(30(37)38)19-42-31(39)33(26,41)4-2;;/h8-9,16-17,20,41H,3-7,10-15,18-19H2,1-2H3;1H;1H2. The number of carbonyl (C=O) groups is 2. The molecule has 0 saturated carbocycles. The molecule has 0 spiro atoms. The number of aromatic nitrogens is 2. The van der Waals surface area contributed by atoms with Gasteiger partial charge < -0.3 is 34.4 Å². The van der Waals surface area contributed by atoms with Crippen LogP contribution < -0.4 is 10.3 Å². The first-order valence-electron chi connectivity index (χ1n) is 15.7. The number of esters is 1. The normalized spacial score (nSPS) is 21.2. The van der Waals surface area contributed by atoms with Crippen molar-refractivity contribution in [2.45, 2.75) is 83.6 Å². The molecular formula is C33H41ClN4O7. The quantitative estimate of drug-likeness (QED) is 0.333. The number of fused-ring (bicyclic) bond motifs is 5. The SMILES string of the molecule is CCc1c2c(nc3ccc(OC(=O)N4CCC(N5CCCCC5)CC4)cc13)-c1cc3c(c(=O)n1C2)COC(=O)C3(O)CC.Cl.O. The van der Waals surface area contributed by atoms with Gasteiger partial charge in [-0.1, -0.05) is 20.3 Å². The third kappa shape index (κ3) is 5.39. The molecule has 1 unspecified atom stereocenters. The van der Waals surface area contributed by atoms with Gasteiger partial charge in [0.05, 0.1) is 29.0 Å². The van der Waals surface area contributed by atoms with Gasteiger partial charge in [0.1, 0.15) is 12.4 Å². The molecule has 4 aliphatic rings. The molecule has 1 amide bonds. The molecule has 0 aliphatic carbocycles. The fourth-order valence-corrected chi connectivity index (χ4v) is 7.47. The van der Waals surface area contributed by atoms with E-state index in [1.54, 1.807) is 23.6 Å². The Morgan fingerprint density at radius 2 is 1.80 bits per heavy atom. The lowest BCUT2D eigenvalue weighted by Crippen LogP contribution is -2.48. The van der Waals surface area contributed by atoms with Gasteiger partial charge in [-0.3, -0.25) is 4.79 Å². The average Bonchev–Trinajstić information content (AvgIpc) is 3.41. The molecule has 3 N–H and O–H groups in total.